The predicted octanol–water partition coefficient (Wildman–Crippen LogP) is 3.67. The number of carbonyl (C=O) groups is 1. The largest absolute Gasteiger partial charge is 0.493 e. The molecule has 0 unspecified atom stereocenters. The molecule has 0 saturated heterocycles. The molecule has 22 heavy (non-hydrogen) atoms. The number of benzene rings is 2. The maximum Gasteiger partial charge on any atom is 0.341 e. The van der Waals surface area contributed by atoms with Crippen molar-refractivity contribution in [2.75, 3.05) is 13.7 Å². The molecule has 2 aromatic rings. The van der Waals surface area contributed by atoms with Crippen LogP contribution < -0.4 is 9.47 Å². The third kappa shape index (κ3) is 4.33. The molecule has 0 radical (unpaired) electrons. The molecule has 0 heterocycles. The van der Waals surface area contributed by atoms with E-state index in [2.05, 4.69) is 20.9 Å². The average Bonchev–Trinajstić information content (AvgIpc) is 2.52. The molecule has 1 N–H and O–H groups in total. The fourth-order valence-corrected chi connectivity index (χ4v) is 2.33. The Morgan fingerprint density at radius 3 is 2.68 bits per heavy atom. The van der Waals surface area contributed by atoms with Crippen molar-refractivity contribution in [1.29, 1.82) is 0 Å². The molecule has 0 bridgehead atoms. The average molecular weight is 364 g/mol. The fraction of sp³-hybridized carbons (Fsp3) is 0.125. The smallest absolute Gasteiger partial charge is 0.341 e. The summed E-state index contributed by atoms with van der Waals surface area (Å²) >= 11 is 3.36. The molecule has 0 aliphatic rings. The van der Waals surface area contributed by atoms with E-state index in [1.807, 2.05) is 30.3 Å². The van der Waals surface area contributed by atoms with Crippen LogP contribution in [0.15, 0.2) is 51.9 Å². The minimum Gasteiger partial charge on any atom is -0.493 e. The summed E-state index contributed by atoms with van der Waals surface area (Å²) in [5, 5.41) is 8.69. The molecule has 5 nitrogen and oxygen atoms in total. The molecule has 0 amide bonds. The molecule has 0 saturated carbocycles. The molecule has 114 valence electrons. The Labute approximate surface area is 136 Å². The number of carboxylic acids is 1. The summed E-state index contributed by atoms with van der Waals surface area (Å²) < 4.78 is 11.1. The third-order valence-electron chi connectivity index (χ3n) is 2.71. The molecule has 0 aliphatic heterocycles. The van der Waals surface area contributed by atoms with Gasteiger partial charge in [-0.3, -0.25) is 4.99 Å². The first kappa shape index (κ1) is 16.0. The lowest BCUT2D eigenvalue weighted by atomic mass is 10.2. The molecule has 0 spiro atoms. The minimum absolute atomic E-state index is 0.349. The number of rotatable bonds is 6. The first-order valence-electron chi connectivity index (χ1n) is 6.41. The summed E-state index contributed by atoms with van der Waals surface area (Å²) in [5.41, 5.74) is 1.64. The van der Waals surface area contributed by atoms with Crippen LogP contribution in [0.4, 0.5) is 5.69 Å². The van der Waals surface area contributed by atoms with Gasteiger partial charge in [-0.2, -0.15) is 0 Å². The summed E-state index contributed by atoms with van der Waals surface area (Å²) in [6, 6.07) is 13.0. The molecule has 0 atom stereocenters. The van der Waals surface area contributed by atoms with E-state index in [9.17, 15) is 4.79 Å². The normalized spacial score (nSPS) is 10.6. The second-order valence-corrected chi connectivity index (χ2v) is 5.16. The first-order chi connectivity index (χ1) is 10.6. The van der Waals surface area contributed by atoms with Crippen molar-refractivity contribution in [1.82, 2.24) is 0 Å². The number of aliphatic carboxylic acids is 1. The summed E-state index contributed by atoms with van der Waals surface area (Å²) in [7, 11) is 1.49. The van der Waals surface area contributed by atoms with Gasteiger partial charge in [0.15, 0.2) is 18.1 Å². The SMILES string of the molecule is COc1cc(C=Nc2ccccc2)cc(Br)c1OCC(=O)O. The number of hydrogen-bond acceptors (Lipinski definition) is 4. The van der Waals surface area contributed by atoms with Gasteiger partial charge < -0.3 is 14.6 Å². The van der Waals surface area contributed by atoms with Gasteiger partial charge in [-0.05, 0) is 45.8 Å². The van der Waals surface area contributed by atoms with E-state index in [0.717, 1.165) is 11.3 Å². The van der Waals surface area contributed by atoms with Gasteiger partial charge in [0.05, 0.1) is 17.3 Å². The highest BCUT2D eigenvalue weighted by Gasteiger charge is 2.12. The molecule has 0 fully saturated rings. The van der Waals surface area contributed by atoms with E-state index in [1.54, 1.807) is 18.3 Å². The Kier molecular flexibility index (Phi) is 5.55. The van der Waals surface area contributed by atoms with Crippen molar-refractivity contribution in [3.8, 4) is 11.5 Å². The van der Waals surface area contributed by atoms with Crippen LogP contribution in [0.2, 0.25) is 0 Å². The third-order valence-corrected chi connectivity index (χ3v) is 3.30. The molecule has 2 aromatic carbocycles. The Morgan fingerprint density at radius 2 is 2.05 bits per heavy atom. The van der Waals surface area contributed by atoms with Crippen molar-refractivity contribution in [3.63, 3.8) is 0 Å². The van der Waals surface area contributed by atoms with Crippen LogP contribution in [0.3, 0.4) is 0 Å². The second kappa shape index (κ2) is 7.61. The van der Waals surface area contributed by atoms with Gasteiger partial charge in [-0.15, -0.1) is 0 Å². The molecular formula is C16H14BrNO4. The zero-order valence-corrected chi connectivity index (χ0v) is 13.4. The first-order valence-corrected chi connectivity index (χ1v) is 7.20. The lowest BCUT2D eigenvalue weighted by Gasteiger charge is -2.12. The zero-order valence-electron chi connectivity index (χ0n) is 11.8. The Morgan fingerprint density at radius 1 is 1.32 bits per heavy atom. The highest BCUT2D eigenvalue weighted by Crippen LogP contribution is 2.36. The number of ether oxygens (including phenoxy) is 2. The maximum atomic E-state index is 10.6. The Bertz CT molecular complexity index is 686. The van der Waals surface area contributed by atoms with Crippen molar-refractivity contribution in [2.24, 2.45) is 4.99 Å². The van der Waals surface area contributed by atoms with E-state index in [1.165, 1.54) is 7.11 Å². The summed E-state index contributed by atoms with van der Waals surface area (Å²) in [5.74, 6) is -0.268. The number of para-hydroxylation sites is 1. The Balaban J connectivity index is 2.25. The van der Waals surface area contributed by atoms with Gasteiger partial charge in [0.2, 0.25) is 0 Å². The van der Waals surface area contributed by atoms with E-state index >= 15 is 0 Å². The highest BCUT2D eigenvalue weighted by atomic mass is 79.9. The van der Waals surface area contributed by atoms with Crippen LogP contribution in [0, 0.1) is 0 Å². The maximum absolute atomic E-state index is 10.6. The molecular weight excluding hydrogens is 350 g/mol. The summed E-state index contributed by atoms with van der Waals surface area (Å²) in [4.78, 5) is 15.0. The quantitative estimate of drug-likeness (QED) is 0.795. The monoisotopic (exact) mass is 363 g/mol. The van der Waals surface area contributed by atoms with Crippen LogP contribution in [0.5, 0.6) is 11.5 Å². The van der Waals surface area contributed by atoms with Crippen molar-refractivity contribution in [2.45, 2.75) is 0 Å². The van der Waals surface area contributed by atoms with Crippen LogP contribution in [0.25, 0.3) is 0 Å². The van der Waals surface area contributed by atoms with Gasteiger partial charge in [-0.1, -0.05) is 18.2 Å². The number of methoxy groups -OCH3 is 1. The topological polar surface area (TPSA) is 68.1 Å². The summed E-state index contributed by atoms with van der Waals surface area (Å²) in [6.45, 7) is -0.438. The van der Waals surface area contributed by atoms with Gasteiger partial charge in [-0.25, -0.2) is 4.79 Å². The minimum atomic E-state index is -1.05. The molecule has 0 aliphatic carbocycles. The lowest BCUT2D eigenvalue weighted by molar-refractivity contribution is -0.139. The van der Waals surface area contributed by atoms with Gasteiger partial charge in [0.1, 0.15) is 0 Å². The number of aliphatic imine (C=N–C) groups is 1. The predicted molar refractivity (Wildman–Crippen MR) is 87.5 cm³/mol. The lowest BCUT2D eigenvalue weighted by Crippen LogP contribution is -2.10. The van der Waals surface area contributed by atoms with Crippen LogP contribution in [-0.4, -0.2) is 31.0 Å². The number of hydrogen-bond donors (Lipinski definition) is 1. The fourth-order valence-electron chi connectivity index (χ4n) is 1.75. The van der Waals surface area contributed by atoms with Crippen LogP contribution in [0.1, 0.15) is 5.56 Å². The van der Waals surface area contributed by atoms with E-state index in [4.69, 9.17) is 14.6 Å². The van der Waals surface area contributed by atoms with E-state index in [0.29, 0.717) is 16.0 Å². The van der Waals surface area contributed by atoms with Crippen LogP contribution >= 0.6 is 15.9 Å². The zero-order chi connectivity index (χ0) is 15.9. The van der Waals surface area contributed by atoms with Gasteiger partial charge in [0.25, 0.3) is 0 Å². The molecule has 0 aromatic heterocycles. The number of carboxylic acid groups (broad SMARTS) is 1. The van der Waals surface area contributed by atoms with Crippen molar-refractivity contribution < 1.29 is 19.4 Å². The van der Waals surface area contributed by atoms with Crippen molar-refractivity contribution >= 4 is 33.8 Å². The number of nitrogens with zero attached hydrogens (tertiary/aromatic N) is 1. The number of halogens is 1. The summed E-state index contributed by atoms with van der Waals surface area (Å²) in [6.07, 6.45) is 1.70. The van der Waals surface area contributed by atoms with E-state index in [-0.39, 0.29) is 0 Å². The van der Waals surface area contributed by atoms with Crippen molar-refractivity contribution in [3.05, 3.63) is 52.5 Å². The van der Waals surface area contributed by atoms with Gasteiger partial charge in [0, 0.05) is 6.21 Å². The van der Waals surface area contributed by atoms with Gasteiger partial charge >= 0.3 is 5.97 Å². The standard InChI is InChI=1S/C16H14BrNO4/c1-21-14-8-11(9-18-12-5-3-2-4-6-12)7-13(17)16(14)22-10-15(19)20/h2-9H,10H2,1H3,(H,19,20). The molecule has 2 rings (SSSR count). The second-order valence-electron chi connectivity index (χ2n) is 4.31. The van der Waals surface area contributed by atoms with Crippen LogP contribution in [-0.2, 0) is 4.79 Å². The Hall–Kier alpha value is -2.34. The van der Waals surface area contributed by atoms with E-state index < -0.39 is 12.6 Å². The molecule has 6 heteroatoms. The highest BCUT2D eigenvalue weighted by molar-refractivity contribution is 9.10.